The highest BCUT2D eigenvalue weighted by atomic mass is 14.9. The van der Waals surface area contributed by atoms with Gasteiger partial charge in [0, 0.05) is 6.04 Å². The zero-order chi connectivity index (χ0) is 11.9. The van der Waals surface area contributed by atoms with E-state index < -0.39 is 0 Å². The highest BCUT2D eigenvalue weighted by Crippen LogP contribution is 2.27. The third-order valence-electron chi connectivity index (χ3n) is 3.83. The first-order valence-corrected chi connectivity index (χ1v) is 6.79. The molecule has 0 saturated heterocycles. The number of allylic oxidation sites excluding steroid dienone is 1. The summed E-state index contributed by atoms with van der Waals surface area (Å²) in [6.45, 7) is 0. The molecule has 1 N–H and O–H groups in total. The third kappa shape index (κ3) is 3.71. The van der Waals surface area contributed by atoms with Crippen molar-refractivity contribution in [1.29, 1.82) is 0 Å². The average Bonchev–Trinajstić information content (AvgIpc) is 2.40. The minimum atomic E-state index is 0.726. The Kier molecular flexibility index (Phi) is 4.81. The summed E-state index contributed by atoms with van der Waals surface area (Å²) in [6.07, 6.45) is 11.3. The summed E-state index contributed by atoms with van der Waals surface area (Å²) < 4.78 is 0. The van der Waals surface area contributed by atoms with E-state index in [1.54, 1.807) is 0 Å². The van der Waals surface area contributed by atoms with Crippen molar-refractivity contribution in [3.63, 3.8) is 0 Å². The molecule has 0 spiro atoms. The molecule has 1 aliphatic rings. The summed E-state index contributed by atoms with van der Waals surface area (Å²) in [6, 6.07) is 11.3. The van der Waals surface area contributed by atoms with E-state index in [1.807, 2.05) is 0 Å². The second-order valence-electron chi connectivity index (χ2n) is 4.99. The van der Waals surface area contributed by atoms with Gasteiger partial charge in [-0.05, 0) is 37.8 Å². The second kappa shape index (κ2) is 6.61. The van der Waals surface area contributed by atoms with Crippen LogP contribution < -0.4 is 5.32 Å². The Morgan fingerprint density at radius 2 is 1.94 bits per heavy atom. The van der Waals surface area contributed by atoms with Crippen LogP contribution >= 0.6 is 0 Å². The molecule has 1 saturated carbocycles. The Morgan fingerprint density at radius 1 is 1.18 bits per heavy atom. The van der Waals surface area contributed by atoms with Crippen LogP contribution in [0.4, 0.5) is 0 Å². The summed E-state index contributed by atoms with van der Waals surface area (Å²) in [5, 5.41) is 3.47. The van der Waals surface area contributed by atoms with E-state index in [2.05, 4.69) is 54.8 Å². The van der Waals surface area contributed by atoms with Crippen molar-refractivity contribution < 1.29 is 0 Å². The van der Waals surface area contributed by atoms with E-state index in [-0.39, 0.29) is 0 Å². The highest BCUT2D eigenvalue weighted by Gasteiger charge is 2.22. The molecule has 1 nitrogen and oxygen atoms in total. The Hall–Kier alpha value is -1.08. The molecule has 0 heterocycles. The summed E-state index contributed by atoms with van der Waals surface area (Å²) in [4.78, 5) is 0. The van der Waals surface area contributed by atoms with Crippen LogP contribution in [0.1, 0.15) is 37.7 Å². The Bertz CT molecular complexity index is 342. The fourth-order valence-electron chi connectivity index (χ4n) is 2.81. The number of nitrogens with one attached hydrogen (secondary N) is 1. The van der Waals surface area contributed by atoms with Gasteiger partial charge in [-0.25, -0.2) is 0 Å². The Labute approximate surface area is 105 Å². The molecule has 0 bridgehead atoms. The lowest BCUT2D eigenvalue weighted by atomic mass is 9.82. The number of hydrogen-bond donors (Lipinski definition) is 1. The molecular weight excluding hydrogens is 206 g/mol. The van der Waals surface area contributed by atoms with E-state index in [9.17, 15) is 0 Å². The van der Waals surface area contributed by atoms with Gasteiger partial charge >= 0.3 is 0 Å². The quantitative estimate of drug-likeness (QED) is 0.826. The molecule has 0 amide bonds. The molecule has 92 valence electrons. The molecular formula is C16H23N. The molecule has 1 aromatic carbocycles. The van der Waals surface area contributed by atoms with E-state index in [0.717, 1.165) is 12.0 Å². The Balaban J connectivity index is 1.86. The van der Waals surface area contributed by atoms with Crippen molar-refractivity contribution in [2.24, 2.45) is 5.92 Å². The summed E-state index contributed by atoms with van der Waals surface area (Å²) in [5.41, 5.74) is 1.31. The van der Waals surface area contributed by atoms with Gasteiger partial charge < -0.3 is 5.32 Å². The van der Waals surface area contributed by atoms with E-state index >= 15 is 0 Å². The van der Waals surface area contributed by atoms with Crippen molar-refractivity contribution in [2.75, 3.05) is 7.05 Å². The molecule has 0 aromatic heterocycles. The first-order valence-electron chi connectivity index (χ1n) is 6.79. The first-order chi connectivity index (χ1) is 8.40. The average molecular weight is 229 g/mol. The maximum atomic E-state index is 3.47. The number of hydrogen-bond acceptors (Lipinski definition) is 1. The fourth-order valence-corrected chi connectivity index (χ4v) is 2.81. The van der Waals surface area contributed by atoms with Crippen LogP contribution in [0.5, 0.6) is 0 Å². The molecule has 1 aliphatic carbocycles. The summed E-state index contributed by atoms with van der Waals surface area (Å²) in [5.74, 6) is 0.828. The van der Waals surface area contributed by atoms with Gasteiger partial charge in [-0.3, -0.25) is 0 Å². The lowest BCUT2D eigenvalue weighted by Crippen LogP contribution is -2.35. The van der Waals surface area contributed by atoms with Crippen LogP contribution in [-0.4, -0.2) is 13.1 Å². The number of benzene rings is 1. The monoisotopic (exact) mass is 229 g/mol. The van der Waals surface area contributed by atoms with Crippen LogP contribution in [0.25, 0.3) is 6.08 Å². The topological polar surface area (TPSA) is 12.0 Å². The van der Waals surface area contributed by atoms with Crippen LogP contribution in [0.2, 0.25) is 0 Å². The fraction of sp³-hybridized carbons (Fsp3) is 0.500. The summed E-state index contributed by atoms with van der Waals surface area (Å²) in [7, 11) is 2.10. The van der Waals surface area contributed by atoms with Crippen molar-refractivity contribution in [3.8, 4) is 0 Å². The van der Waals surface area contributed by atoms with Crippen molar-refractivity contribution >= 4 is 6.08 Å². The molecule has 0 radical (unpaired) electrons. The maximum Gasteiger partial charge on any atom is 0.00952 e. The Morgan fingerprint density at radius 3 is 2.71 bits per heavy atom. The third-order valence-corrected chi connectivity index (χ3v) is 3.83. The molecule has 17 heavy (non-hydrogen) atoms. The van der Waals surface area contributed by atoms with E-state index in [4.69, 9.17) is 0 Å². The number of rotatable bonds is 4. The smallest absolute Gasteiger partial charge is 0.00952 e. The van der Waals surface area contributed by atoms with Gasteiger partial charge in [0.1, 0.15) is 0 Å². The molecule has 1 heteroatoms. The van der Waals surface area contributed by atoms with Crippen molar-refractivity contribution in [3.05, 3.63) is 42.0 Å². The van der Waals surface area contributed by atoms with Gasteiger partial charge in [-0.15, -0.1) is 0 Å². The predicted molar refractivity (Wildman–Crippen MR) is 74.9 cm³/mol. The normalized spacial score (nSPS) is 25.2. The zero-order valence-electron chi connectivity index (χ0n) is 10.7. The SMILES string of the molecule is CN[C@H]1CCCC[C@H]1C/C=C/c1ccccc1. The largest absolute Gasteiger partial charge is 0.317 e. The standard InChI is InChI=1S/C16H23N/c1-17-16-13-6-5-11-15(16)12-7-10-14-8-3-2-4-9-14/h2-4,7-10,15-17H,5-6,11-13H2,1H3/b10-7+/t15-,16-/m0/s1. The molecule has 1 fully saturated rings. The van der Waals surface area contributed by atoms with E-state index in [0.29, 0.717) is 0 Å². The van der Waals surface area contributed by atoms with Crippen LogP contribution in [-0.2, 0) is 0 Å². The van der Waals surface area contributed by atoms with Crippen LogP contribution in [0.3, 0.4) is 0 Å². The second-order valence-corrected chi connectivity index (χ2v) is 4.99. The van der Waals surface area contributed by atoms with Gasteiger partial charge in [-0.1, -0.05) is 55.3 Å². The molecule has 2 rings (SSSR count). The molecule has 2 atom stereocenters. The van der Waals surface area contributed by atoms with Gasteiger partial charge in [0.2, 0.25) is 0 Å². The zero-order valence-corrected chi connectivity index (χ0v) is 10.7. The molecule has 0 unspecified atom stereocenters. The van der Waals surface area contributed by atoms with Crippen molar-refractivity contribution in [1.82, 2.24) is 5.32 Å². The van der Waals surface area contributed by atoms with Crippen LogP contribution in [0.15, 0.2) is 36.4 Å². The van der Waals surface area contributed by atoms with Crippen molar-refractivity contribution in [2.45, 2.75) is 38.1 Å². The minimum absolute atomic E-state index is 0.726. The minimum Gasteiger partial charge on any atom is -0.317 e. The lowest BCUT2D eigenvalue weighted by Gasteiger charge is -2.30. The van der Waals surface area contributed by atoms with Gasteiger partial charge in [-0.2, -0.15) is 0 Å². The highest BCUT2D eigenvalue weighted by molar-refractivity contribution is 5.48. The molecule has 0 aliphatic heterocycles. The lowest BCUT2D eigenvalue weighted by molar-refractivity contribution is 0.276. The maximum absolute atomic E-state index is 3.47. The first kappa shape index (κ1) is 12.4. The van der Waals surface area contributed by atoms with Gasteiger partial charge in [0.05, 0.1) is 0 Å². The van der Waals surface area contributed by atoms with E-state index in [1.165, 1.54) is 37.7 Å². The molecule has 1 aromatic rings. The van der Waals surface area contributed by atoms with Gasteiger partial charge in [0.15, 0.2) is 0 Å². The summed E-state index contributed by atoms with van der Waals surface area (Å²) >= 11 is 0. The predicted octanol–water partition coefficient (Wildman–Crippen LogP) is 3.87. The van der Waals surface area contributed by atoms with Crippen LogP contribution in [0, 0.1) is 5.92 Å². The van der Waals surface area contributed by atoms with Gasteiger partial charge in [0.25, 0.3) is 0 Å².